The maximum absolute atomic E-state index is 12.3. The number of carbonyl (C=O) groups excluding carboxylic acids is 1. The quantitative estimate of drug-likeness (QED) is 0.751. The van der Waals surface area contributed by atoms with Crippen LogP contribution >= 0.6 is 0 Å². The molecule has 3 aromatic rings. The Labute approximate surface area is 146 Å². The molecular formula is C20H18N4O. The molecule has 2 aromatic heterocycles. The largest absolute Gasteiger partial charge is 0.350 e. The van der Waals surface area contributed by atoms with Crippen LogP contribution in [0.1, 0.15) is 35.3 Å². The summed E-state index contributed by atoms with van der Waals surface area (Å²) in [7, 11) is 0. The van der Waals surface area contributed by atoms with Crippen LogP contribution in [0.3, 0.4) is 0 Å². The highest BCUT2D eigenvalue weighted by molar-refractivity contribution is 5.95. The Morgan fingerprint density at radius 3 is 2.72 bits per heavy atom. The highest BCUT2D eigenvalue weighted by Crippen LogP contribution is 2.16. The number of rotatable bonds is 3. The first-order valence-electron chi connectivity index (χ1n) is 8.00. The van der Waals surface area contributed by atoms with Gasteiger partial charge in [-0.2, -0.15) is 5.10 Å². The summed E-state index contributed by atoms with van der Waals surface area (Å²) in [6.45, 7) is 3.86. The van der Waals surface area contributed by atoms with E-state index in [4.69, 9.17) is 0 Å². The van der Waals surface area contributed by atoms with E-state index in [1.807, 2.05) is 44.3 Å². The first-order valence-corrected chi connectivity index (χ1v) is 8.00. The Kier molecular flexibility index (Phi) is 4.91. The lowest BCUT2D eigenvalue weighted by molar-refractivity contribution is 0.0943. The molecule has 2 heterocycles. The van der Waals surface area contributed by atoms with Gasteiger partial charge in [-0.25, -0.2) is 4.68 Å². The van der Waals surface area contributed by atoms with Crippen molar-refractivity contribution in [3.05, 3.63) is 77.9 Å². The average Bonchev–Trinajstić information content (AvgIpc) is 3.14. The molecule has 0 aliphatic carbocycles. The molecule has 5 nitrogen and oxygen atoms in total. The lowest BCUT2D eigenvalue weighted by Crippen LogP contribution is -2.30. The molecule has 0 unspecified atom stereocenters. The van der Waals surface area contributed by atoms with Gasteiger partial charge < -0.3 is 5.32 Å². The van der Waals surface area contributed by atoms with Gasteiger partial charge in [-0.15, -0.1) is 0 Å². The van der Waals surface area contributed by atoms with Gasteiger partial charge in [-0.1, -0.05) is 11.8 Å². The molecule has 0 aliphatic rings. The predicted molar refractivity (Wildman–Crippen MR) is 96.4 cm³/mol. The summed E-state index contributed by atoms with van der Waals surface area (Å²) in [6, 6.07) is 11.1. The minimum absolute atomic E-state index is 0.0724. The Morgan fingerprint density at radius 2 is 2.04 bits per heavy atom. The predicted octanol–water partition coefficient (Wildman–Crippen LogP) is 2.81. The van der Waals surface area contributed by atoms with Crippen LogP contribution in [-0.4, -0.2) is 26.7 Å². The first-order chi connectivity index (χ1) is 12.1. The maximum atomic E-state index is 12.3. The van der Waals surface area contributed by atoms with Gasteiger partial charge in [0.25, 0.3) is 5.91 Å². The van der Waals surface area contributed by atoms with E-state index in [-0.39, 0.29) is 11.9 Å². The number of nitrogens with one attached hydrogen (secondary N) is 1. The zero-order valence-corrected chi connectivity index (χ0v) is 14.1. The molecule has 5 heteroatoms. The number of benzene rings is 1. The van der Waals surface area contributed by atoms with Crippen LogP contribution in [0, 0.1) is 11.8 Å². The van der Waals surface area contributed by atoms with Crippen molar-refractivity contribution in [3.8, 4) is 17.5 Å². The van der Waals surface area contributed by atoms with Crippen molar-refractivity contribution in [2.75, 3.05) is 0 Å². The summed E-state index contributed by atoms with van der Waals surface area (Å²) in [5, 5.41) is 7.16. The van der Waals surface area contributed by atoms with Crippen molar-refractivity contribution in [1.29, 1.82) is 0 Å². The van der Waals surface area contributed by atoms with Crippen molar-refractivity contribution in [1.82, 2.24) is 20.1 Å². The van der Waals surface area contributed by atoms with Gasteiger partial charge in [-0.3, -0.25) is 9.78 Å². The fraction of sp³-hybridized carbons (Fsp3) is 0.150. The minimum Gasteiger partial charge on any atom is -0.350 e. The van der Waals surface area contributed by atoms with E-state index in [1.165, 1.54) is 0 Å². The van der Waals surface area contributed by atoms with Crippen LogP contribution in [0.5, 0.6) is 0 Å². The van der Waals surface area contributed by atoms with Crippen LogP contribution in [0.4, 0.5) is 0 Å². The zero-order valence-electron chi connectivity index (χ0n) is 14.1. The molecule has 0 aliphatic heterocycles. The van der Waals surface area contributed by atoms with Crippen LogP contribution < -0.4 is 5.32 Å². The molecule has 0 radical (unpaired) electrons. The van der Waals surface area contributed by atoms with Crippen molar-refractivity contribution in [3.63, 3.8) is 0 Å². The van der Waals surface area contributed by atoms with E-state index in [0.29, 0.717) is 5.56 Å². The summed E-state index contributed by atoms with van der Waals surface area (Å²) in [6.07, 6.45) is 6.96. The molecular weight excluding hydrogens is 312 g/mol. The second kappa shape index (κ2) is 7.45. The molecule has 3 rings (SSSR count). The Balaban J connectivity index is 2.03. The monoisotopic (exact) mass is 330 g/mol. The Bertz CT molecular complexity index is 919. The van der Waals surface area contributed by atoms with Gasteiger partial charge in [0.2, 0.25) is 0 Å². The van der Waals surface area contributed by atoms with Gasteiger partial charge in [0.1, 0.15) is 0 Å². The van der Waals surface area contributed by atoms with Crippen LogP contribution in [0.25, 0.3) is 5.69 Å². The van der Waals surface area contributed by atoms with E-state index in [9.17, 15) is 4.79 Å². The number of carbonyl (C=O) groups is 1. The molecule has 0 fully saturated rings. The van der Waals surface area contributed by atoms with Gasteiger partial charge >= 0.3 is 0 Å². The number of aromatic nitrogens is 3. The zero-order chi connectivity index (χ0) is 17.6. The number of hydrogen-bond acceptors (Lipinski definition) is 3. The molecule has 0 bridgehead atoms. The van der Waals surface area contributed by atoms with Crippen molar-refractivity contribution in [2.24, 2.45) is 0 Å². The van der Waals surface area contributed by atoms with E-state index in [0.717, 1.165) is 16.8 Å². The van der Waals surface area contributed by atoms with Gasteiger partial charge in [-0.05, 0) is 50.2 Å². The number of nitrogens with zero attached hydrogens (tertiary/aromatic N) is 3. The smallest absolute Gasteiger partial charge is 0.251 e. The molecule has 1 amide bonds. The highest BCUT2D eigenvalue weighted by atomic mass is 16.1. The minimum atomic E-state index is -0.119. The number of hydrogen-bond donors (Lipinski definition) is 1. The molecule has 1 aromatic carbocycles. The lowest BCUT2D eigenvalue weighted by Gasteiger charge is -2.10. The summed E-state index contributed by atoms with van der Waals surface area (Å²) in [5.74, 6) is 6.10. The third-order valence-electron chi connectivity index (χ3n) is 3.43. The Morgan fingerprint density at radius 1 is 1.16 bits per heavy atom. The van der Waals surface area contributed by atoms with Crippen LogP contribution in [0.15, 0.2) is 61.2 Å². The summed E-state index contributed by atoms with van der Waals surface area (Å²) < 4.78 is 1.73. The lowest BCUT2D eigenvalue weighted by atomic mass is 10.1. The highest BCUT2D eigenvalue weighted by Gasteiger charge is 2.11. The van der Waals surface area contributed by atoms with Crippen molar-refractivity contribution in [2.45, 2.75) is 19.9 Å². The van der Waals surface area contributed by atoms with E-state index in [2.05, 4.69) is 27.2 Å². The van der Waals surface area contributed by atoms with E-state index >= 15 is 0 Å². The molecule has 25 heavy (non-hydrogen) atoms. The summed E-state index contributed by atoms with van der Waals surface area (Å²) in [5.41, 5.74) is 2.93. The topological polar surface area (TPSA) is 59.8 Å². The standard InChI is InChI=1S/C20H18N4O/c1-15(2)23-20(25)18-8-9-19(24-12-4-11-22-24)17(13-18)7-6-16-5-3-10-21-14-16/h3-5,8-15H,1-2H3,(H,23,25). The van der Waals surface area contributed by atoms with Crippen LogP contribution in [-0.2, 0) is 0 Å². The fourth-order valence-electron chi connectivity index (χ4n) is 2.31. The molecule has 124 valence electrons. The molecule has 0 saturated carbocycles. The third-order valence-corrected chi connectivity index (χ3v) is 3.43. The number of amides is 1. The average molecular weight is 330 g/mol. The first kappa shape index (κ1) is 16.5. The van der Waals surface area contributed by atoms with Gasteiger partial charge in [0.15, 0.2) is 0 Å². The van der Waals surface area contributed by atoms with Gasteiger partial charge in [0.05, 0.1) is 11.3 Å². The SMILES string of the molecule is CC(C)NC(=O)c1ccc(-n2cccn2)c(C#Cc2cccnc2)c1. The van der Waals surface area contributed by atoms with E-state index < -0.39 is 0 Å². The van der Waals surface area contributed by atoms with Gasteiger partial charge in [0, 0.05) is 42.0 Å². The van der Waals surface area contributed by atoms with E-state index in [1.54, 1.807) is 35.4 Å². The van der Waals surface area contributed by atoms with Crippen LogP contribution in [0.2, 0.25) is 0 Å². The third kappa shape index (κ3) is 4.12. The molecule has 1 N–H and O–H groups in total. The number of pyridine rings is 1. The molecule has 0 saturated heterocycles. The van der Waals surface area contributed by atoms with Crippen molar-refractivity contribution < 1.29 is 4.79 Å². The Hall–Kier alpha value is -3.39. The molecule has 0 spiro atoms. The summed E-state index contributed by atoms with van der Waals surface area (Å²) in [4.78, 5) is 16.4. The second-order valence-electron chi connectivity index (χ2n) is 5.80. The molecule has 0 atom stereocenters. The summed E-state index contributed by atoms with van der Waals surface area (Å²) >= 11 is 0. The fourth-order valence-corrected chi connectivity index (χ4v) is 2.31. The maximum Gasteiger partial charge on any atom is 0.251 e. The van der Waals surface area contributed by atoms with Crippen molar-refractivity contribution >= 4 is 5.91 Å². The second-order valence-corrected chi connectivity index (χ2v) is 5.80. The normalized spacial score (nSPS) is 10.2.